The molecule has 0 nitrogen and oxygen atoms in total. The zero-order valence-electron chi connectivity index (χ0n) is 17.2. The van der Waals surface area contributed by atoms with E-state index < -0.39 is 20.0 Å². The maximum Gasteiger partial charge on any atom is -1.00 e. The van der Waals surface area contributed by atoms with Gasteiger partial charge in [-0.1, -0.05) is 0 Å². The van der Waals surface area contributed by atoms with Gasteiger partial charge >= 0.3 is 148 Å². The molecule has 1 saturated heterocycles. The summed E-state index contributed by atoms with van der Waals surface area (Å²) >= 11 is -2.34. The van der Waals surface area contributed by atoms with Crippen LogP contribution in [-0.2, 0) is 20.0 Å². The fourth-order valence-corrected chi connectivity index (χ4v) is 28.0. The van der Waals surface area contributed by atoms with Crippen molar-refractivity contribution in [3.63, 3.8) is 0 Å². The van der Waals surface area contributed by atoms with E-state index in [0.717, 1.165) is 0 Å². The maximum atomic E-state index is 2.65. The summed E-state index contributed by atoms with van der Waals surface area (Å²) in [6.07, 6.45) is 9.05. The van der Waals surface area contributed by atoms with Crippen molar-refractivity contribution in [2.75, 3.05) is 0 Å². The molecule has 1 heterocycles. The topological polar surface area (TPSA) is 0 Å². The first kappa shape index (κ1) is 23.4. The average molecular weight is 548 g/mol. The molecule has 3 heteroatoms. The standard InChI is InChI=1S/2C10H15.C2H4.2ClH.Hf/c2*1-8-5-6-9(7-8)10(2,3)4;1-2;;;/h7H,6H2,1-4H3;6-8H,1-4H3;1-2H2;2*1H;/q;;;;;+2/p-2. The van der Waals surface area contributed by atoms with Crippen LogP contribution in [0.3, 0.4) is 0 Å². The summed E-state index contributed by atoms with van der Waals surface area (Å²) in [6.45, 7) is 19.1. The smallest absolute Gasteiger partial charge is 1.00 e. The van der Waals surface area contributed by atoms with Gasteiger partial charge in [0.2, 0.25) is 0 Å². The Morgan fingerprint density at radius 1 is 0.920 bits per heavy atom. The second-order valence-corrected chi connectivity index (χ2v) is 25.7. The van der Waals surface area contributed by atoms with Crippen LogP contribution in [0.4, 0.5) is 0 Å². The van der Waals surface area contributed by atoms with E-state index in [-0.39, 0.29) is 24.8 Å². The van der Waals surface area contributed by atoms with E-state index in [1.54, 1.807) is 25.1 Å². The largest absolute Gasteiger partial charge is 1.00 e. The first-order valence-electron chi connectivity index (χ1n) is 9.31. The molecule has 3 aliphatic rings. The number of hydrogen-bond acceptors (Lipinski definition) is 0. The Morgan fingerprint density at radius 3 is 1.84 bits per heavy atom. The van der Waals surface area contributed by atoms with Crippen molar-refractivity contribution in [1.82, 2.24) is 0 Å². The summed E-state index contributed by atoms with van der Waals surface area (Å²) in [5.74, 6) is 0.701. The Kier molecular flexibility index (Phi) is 6.98. The molecule has 0 saturated carbocycles. The molecule has 0 bridgehead atoms. The fourth-order valence-electron chi connectivity index (χ4n) is 4.39. The molecular formula is C22H34Cl2Hf. The predicted molar refractivity (Wildman–Crippen MR) is 99.3 cm³/mol. The number of rotatable bonds is 2. The van der Waals surface area contributed by atoms with Crippen LogP contribution >= 0.6 is 0 Å². The van der Waals surface area contributed by atoms with Gasteiger partial charge < -0.3 is 24.8 Å². The summed E-state index contributed by atoms with van der Waals surface area (Å²) in [5, 5.41) is 0. The molecule has 0 aromatic rings. The minimum Gasteiger partial charge on any atom is -1.00 e. The van der Waals surface area contributed by atoms with Crippen LogP contribution in [0.5, 0.6) is 0 Å². The van der Waals surface area contributed by atoms with Crippen molar-refractivity contribution < 1.29 is 44.8 Å². The van der Waals surface area contributed by atoms with Gasteiger partial charge in [0.05, 0.1) is 0 Å². The summed E-state index contributed by atoms with van der Waals surface area (Å²) in [6, 6.07) is 0. The second kappa shape index (κ2) is 7.44. The predicted octanol–water partition coefficient (Wildman–Crippen LogP) is 1.15. The third-order valence-corrected chi connectivity index (χ3v) is 23.9. The minimum absolute atomic E-state index is 0. The van der Waals surface area contributed by atoms with Gasteiger partial charge in [-0.15, -0.1) is 0 Å². The molecule has 0 spiro atoms. The van der Waals surface area contributed by atoms with Gasteiger partial charge in [-0.3, -0.25) is 0 Å². The molecule has 25 heavy (non-hydrogen) atoms. The quantitative estimate of drug-likeness (QED) is 0.455. The molecule has 1 fully saturated rings. The van der Waals surface area contributed by atoms with Crippen LogP contribution in [0.2, 0.25) is 8.35 Å². The average Bonchev–Trinajstić information content (AvgIpc) is 2.90. The van der Waals surface area contributed by atoms with E-state index >= 15 is 0 Å². The van der Waals surface area contributed by atoms with Crippen molar-refractivity contribution in [2.45, 2.75) is 70.2 Å². The van der Waals surface area contributed by atoms with Crippen LogP contribution in [0, 0.1) is 16.7 Å². The normalized spacial score (nSPS) is 23.7. The zero-order valence-corrected chi connectivity index (χ0v) is 22.3. The van der Waals surface area contributed by atoms with Gasteiger partial charge in [0, 0.05) is 0 Å². The minimum atomic E-state index is -2.34. The summed E-state index contributed by atoms with van der Waals surface area (Å²) in [4.78, 5) is 0. The van der Waals surface area contributed by atoms with Crippen LogP contribution in [-0.4, -0.2) is 0 Å². The Labute approximate surface area is 172 Å². The summed E-state index contributed by atoms with van der Waals surface area (Å²) < 4.78 is 7.02. The first-order valence-corrected chi connectivity index (χ1v) is 18.0. The molecule has 0 amide bonds. The summed E-state index contributed by atoms with van der Waals surface area (Å²) in [5.41, 5.74) is 5.54. The Morgan fingerprint density at radius 2 is 1.48 bits per heavy atom. The van der Waals surface area contributed by atoms with Gasteiger partial charge in [-0.05, 0) is 0 Å². The molecule has 0 radical (unpaired) electrons. The maximum absolute atomic E-state index is 2.65. The molecule has 1 atom stereocenters. The van der Waals surface area contributed by atoms with Crippen LogP contribution in [0.25, 0.3) is 0 Å². The van der Waals surface area contributed by atoms with Crippen molar-refractivity contribution >= 4 is 0 Å². The monoisotopic (exact) mass is 548 g/mol. The van der Waals surface area contributed by atoms with Gasteiger partial charge in [-0.25, -0.2) is 0 Å². The molecule has 1 unspecified atom stereocenters. The van der Waals surface area contributed by atoms with E-state index in [4.69, 9.17) is 0 Å². The van der Waals surface area contributed by atoms with E-state index in [1.165, 1.54) is 6.42 Å². The van der Waals surface area contributed by atoms with Gasteiger partial charge in [-0.2, -0.15) is 0 Å². The van der Waals surface area contributed by atoms with E-state index in [1.807, 2.05) is 6.66 Å². The number of halogens is 2. The van der Waals surface area contributed by atoms with Crippen LogP contribution in [0.1, 0.15) is 61.8 Å². The third-order valence-electron chi connectivity index (χ3n) is 6.17. The molecule has 140 valence electrons. The van der Waals surface area contributed by atoms with E-state index in [9.17, 15) is 0 Å². The molecule has 3 rings (SSSR count). The van der Waals surface area contributed by atoms with E-state index in [0.29, 0.717) is 16.7 Å². The molecule has 0 aromatic heterocycles. The molecule has 0 N–H and O–H groups in total. The first-order chi connectivity index (χ1) is 10.4. The second-order valence-electron chi connectivity index (χ2n) is 10.1. The van der Waals surface area contributed by atoms with Gasteiger partial charge in [0.25, 0.3) is 0 Å². The summed E-state index contributed by atoms with van der Waals surface area (Å²) in [7, 11) is 0. The van der Waals surface area contributed by atoms with Crippen LogP contribution < -0.4 is 24.8 Å². The zero-order chi connectivity index (χ0) is 17.2. The van der Waals surface area contributed by atoms with Crippen molar-refractivity contribution in [2.24, 2.45) is 16.7 Å². The Balaban J connectivity index is 0.00000156. The van der Waals surface area contributed by atoms with Crippen molar-refractivity contribution in [3.05, 3.63) is 41.6 Å². The number of hydrogen-bond donors (Lipinski definition) is 0. The molecule has 0 aromatic carbocycles. The van der Waals surface area contributed by atoms with E-state index in [2.05, 4.69) is 73.6 Å². The molecular weight excluding hydrogens is 514 g/mol. The third kappa shape index (κ3) is 4.30. The molecule has 2 aliphatic carbocycles. The van der Waals surface area contributed by atoms with Crippen molar-refractivity contribution in [3.8, 4) is 0 Å². The number of allylic oxidation sites excluding steroid dienone is 8. The van der Waals surface area contributed by atoms with Crippen molar-refractivity contribution in [1.29, 1.82) is 0 Å². The Hall–Kier alpha value is 0.410. The fraction of sp³-hybridized carbons (Fsp3) is 0.636. The SMILES string of the molecule is CC1=[C]([Hf+2]2([C]3=CC(C(C)(C)C)=CC3C)[CH2][CH2]2)CC(C(C)(C)C)=C1.[Cl-].[Cl-]. The Bertz CT molecular complexity index is 659. The van der Waals surface area contributed by atoms with Gasteiger partial charge in [0.15, 0.2) is 0 Å². The van der Waals surface area contributed by atoms with Gasteiger partial charge in [0.1, 0.15) is 0 Å². The molecule has 1 aliphatic heterocycles. The van der Waals surface area contributed by atoms with Crippen LogP contribution in [0.15, 0.2) is 41.6 Å².